The van der Waals surface area contributed by atoms with E-state index in [1.807, 2.05) is 36.4 Å². The fourth-order valence-electron chi connectivity index (χ4n) is 6.16. The highest BCUT2D eigenvalue weighted by Crippen LogP contribution is 2.44. The van der Waals surface area contributed by atoms with Gasteiger partial charge in [-0.1, -0.05) is 79.9 Å². The molecule has 0 atom stereocenters. The minimum atomic E-state index is -0.490. The van der Waals surface area contributed by atoms with Crippen molar-refractivity contribution in [2.75, 3.05) is 4.90 Å². The maximum atomic E-state index is 12.2. The molecule has 5 heteroatoms. The molecule has 0 heterocycles. The number of hydrogen-bond acceptors (Lipinski definition) is 5. The standard InChI is InChI=1S/C41H31NO4/c1-4-38(43)45-34-20-12-28(13-21-34)27-10-16-32(17-11-27)42(33-18-22-35(23-19-33)46-41(44)26(2)3)37-25-15-31-9-8-29-6-5-7-30-14-24-36(37)40(31)39(29)30/h4-6,8-14,16-25H,1-2,7,15H2,3H3. The molecule has 5 aromatic rings. The highest BCUT2D eigenvalue weighted by molar-refractivity contribution is 6.07. The van der Waals surface area contributed by atoms with Crippen LogP contribution in [0.2, 0.25) is 0 Å². The Bertz CT molecular complexity index is 2100. The Morgan fingerprint density at radius 1 is 0.717 bits per heavy atom. The van der Waals surface area contributed by atoms with Gasteiger partial charge >= 0.3 is 11.9 Å². The molecule has 0 saturated carbocycles. The summed E-state index contributed by atoms with van der Waals surface area (Å²) in [7, 11) is 0. The van der Waals surface area contributed by atoms with Crippen LogP contribution in [-0.2, 0) is 22.4 Å². The number of esters is 2. The first kappa shape index (κ1) is 28.8. The molecule has 2 aliphatic carbocycles. The van der Waals surface area contributed by atoms with Crippen molar-refractivity contribution in [3.8, 4) is 22.6 Å². The van der Waals surface area contributed by atoms with Gasteiger partial charge in [-0.25, -0.2) is 9.59 Å². The topological polar surface area (TPSA) is 55.8 Å². The van der Waals surface area contributed by atoms with Gasteiger partial charge in [-0.3, -0.25) is 0 Å². The van der Waals surface area contributed by atoms with Gasteiger partial charge in [0.15, 0.2) is 0 Å². The van der Waals surface area contributed by atoms with E-state index in [4.69, 9.17) is 9.47 Å². The van der Waals surface area contributed by atoms with Gasteiger partial charge in [-0.2, -0.15) is 0 Å². The zero-order valence-corrected chi connectivity index (χ0v) is 25.5. The summed E-state index contributed by atoms with van der Waals surface area (Å²) in [6, 6.07) is 32.4. The first-order chi connectivity index (χ1) is 22.4. The van der Waals surface area contributed by atoms with Gasteiger partial charge in [0.25, 0.3) is 0 Å². The molecule has 0 aromatic heterocycles. The van der Waals surface area contributed by atoms with Crippen molar-refractivity contribution in [1.82, 2.24) is 0 Å². The zero-order valence-electron chi connectivity index (χ0n) is 25.5. The van der Waals surface area contributed by atoms with Crippen molar-refractivity contribution in [2.45, 2.75) is 19.8 Å². The maximum Gasteiger partial charge on any atom is 0.338 e. The van der Waals surface area contributed by atoms with Gasteiger partial charge in [-0.05, 0) is 107 Å². The van der Waals surface area contributed by atoms with Gasteiger partial charge in [0.2, 0.25) is 0 Å². The Morgan fingerprint density at radius 3 is 1.98 bits per heavy atom. The first-order valence-electron chi connectivity index (χ1n) is 15.2. The number of carbonyl (C=O) groups excluding carboxylic acids is 2. The highest BCUT2D eigenvalue weighted by atomic mass is 16.5. The largest absolute Gasteiger partial charge is 0.423 e. The Hall–Kier alpha value is -5.94. The van der Waals surface area contributed by atoms with Gasteiger partial charge in [-0.15, -0.1) is 0 Å². The monoisotopic (exact) mass is 601 g/mol. The molecule has 7 rings (SSSR count). The number of ether oxygens (including phenoxy) is 2. The van der Waals surface area contributed by atoms with Crippen LogP contribution in [0.5, 0.6) is 11.5 Å². The third kappa shape index (κ3) is 5.33. The van der Waals surface area contributed by atoms with Crippen LogP contribution >= 0.6 is 0 Å². The van der Waals surface area contributed by atoms with Crippen LogP contribution in [-0.4, -0.2) is 11.9 Å². The molecule has 0 amide bonds. The fourth-order valence-corrected chi connectivity index (χ4v) is 6.16. The Labute approximate surface area is 268 Å². The summed E-state index contributed by atoms with van der Waals surface area (Å²) in [4.78, 5) is 26.0. The Balaban J connectivity index is 1.29. The van der Waals surface area contributed by atoms with Gasteiger partial charge in [0.1, 0.15) is 11.5 Å². The molecular weight excluding hydrogens is 570 g/mol. The lowest BCUT2D eigenvalue weighted by Crippen LogP contribution is -2.18. The second-order valence-corrected chi connectivity index (χ2v) is 11.4. The minimum absolute atomic E-state index is 0.346. The molecule has 0 saturated heterocycles. The number of allylic oxidation sites excluding steroid dienone is 2. The van der Waals surface area contributed by atoms with E-state index in [1.165, 1.54) is 33.0 Å². The van der Waals surface area contributed by atoms with Crippen LogP contribution in [0.15, 0.2) is 134 Å². The van der Waals surface area contributed by atoms with E-state index < -0.39 is 11.9 Å². The minimum Gasteiger partial charge on any atom is -0.423 e. The van der Waals surface area contributed by atoms with E-state index in [2.05, 4.69) is 84.8 Å². The molecule has 46 heavy (non-hydrogen) atoms. The summed E-state index contributed by atoms with van der Waals surface area (Å²) in [5, 5.41) is 2.64. The highest BCUT2D eigenvalue weighted by Gasteiger charge is 2.25. The van der Waals surface area contributed by atoms with Crippen LogP contribution in [0.4, 0.5) is 11.4 Å². The third-order valence-corrected chi connectivity index (χ3v) is 8.39. The summed E-state index contributed by atoms with van der Waals surface area (Å²) in [5.41, 5.74) is 10.5. The van der Waals surface area contributed by atoms with Crippen molar-refractivity contribution < 1.29 is 19.1 Å². The van der Waals surface area contributed by atoms with Crippen molar-refractivity contribution in [3.63, 3.8) is 0 Å². The van der Waals surface area contributed by atoms with E-state index in [0.717, 1.165) is 47.1 Å². The molecule has 2 aliphatic rings. The molecule has 0 fully saturated rings. The molecule has 5 aromatic carbocycles. The first-order valence-corrected chi connectivity index (χ1v) is 15.2. The van der Waals surface area contributed by atoms with Gasteiger partial charge in [0.05, 0.1) is 5.70 Å². The van der Waals surface area contributed by atoms with Crippen LogP contribution in [0.25, 0.3) is 33.7 Å². The van der Waals surface area contributed by atoms with E-state index in [0.29, 0.717) is 17.1 Å². The predicted octanol–water partition coefficient (Wildman–Crippen LogP) is 9.38. The molecule has 0 N–H and O–H groups in total. The summed E-state index contributed by atoms with van der Waals surface area (Å²) in [5.74, 6) is -0.0142. The zero-order chi connectivity index (χ0) is 31.8. The molecule has 224 valence electrons. The quantitative estimate of drug-likeness (QED) is 0.101. The van der Waals surface area contributed by atoms with Gasteiger partial charge in [0, 0.05) is 28.6 Å². The maximum absolute atomic E-state index is 12.2. The fraction of sp³-hybridized carbons (Fsp3) is 0.0732. The Kier molecular flexibility index (Phi) is 7.43. The lowest BCUT2D eigenvalue weighted by atomic mass is 9.83. The van der Waals surface area contributed by atoms with Crippen LogP contribution in [0.3, 0.4) is 0 Å². The van der Waals surface area contributed by atoms with Crippen molar-refractivity contribution in [1.29, 1.82) is 0 Å². The van der Waals surface area contributed by atoms with E-state index in [-0.39, 0.29) is 0 Å². The lowest BCUT2D eigenvalue weighted by Gasteiger charge is -2.32. The molecule has 5 nitrogen and oxygen atoms in total. The second-order valence-electron chi connectivity index (χ2n) is 11.4. The molecule has 0 unspecified atom stereocenters. The number of carbonyl (C=O) groups is 2. The summed E-state index contributed by atoms with van der Waals surface area (Å²) >= 11 is 0. The molecule has 0 bridgehead atoms. The van der Waals surface area contributed by atoms with Crippen molar-refractivity contribution in [2.24, 2.45) is 0 Å². The number of rotatable bonds is 8. The Morgan fingerprint density at radius 2 is 1.30 bits per heavy atom. The number of nitrogens with zero attached hydrogens (tertiary/aromatic N) is 1. The predicted molar refractivity (Wildman–Crippen MR) is 185 cm³/mol. The molecule has 0 spiro atoms. The van der Waals surface area contributed by atoms with Crippen LogP contribution in [0, 0.1) is 0 Å². The van der Waals surface area contributed by atoms with Crippen molar-refractivity contribution in [3.05, 3.63) is 156 Å². The van der Waals surface area contributed by atoms with E-state index in [1.54, 1.807) is 19.1 Å². The molecular formula is C41H31NO4. The number of anilines is 2. The van der Waals surface area contributed by atoms with Crippen molar-refractivity contribution >= 4 is 45.9 Å². The average Bonchev–Trinajstić information content (AvgIpc) is 3.09. The van der Waals surface area contributed by atoms with E-state index in [9.17, 15) is 9.59 Å². The normalized spacial score (nSPS) is 12.7. The molecule has 0 aliphatic heterocycles. The second kappa shape index (κ2) is 11.9. The smallest absolute Gasteiger partial charge is 0.338 e. The lowest BCUT2D eigenvalue weighted by molar-refractivity contribution is -0.130. The SMILES string of the molecule is C=CC(=O)Oc1ccc(-c2ccc(N(C3=CCc4ccc5c6c(ccc3c46)CC=C5)c3ccc(OC(=O)C(=C)C)cc3)cc2)cc1. The summed E-state index contributed by atoms with van der Waals surface area (Å²) in [6.07, 6.45) is 9.65. The summed E-state index contributed by atoms with van der Waals surface area (Å²) in [6.45, 7) is 8.77. The van der Waals surface area contributed by atoms with Gasteiger partial charge < -0.3 is 14.4 Å². The number of hydrogen-bond donors (Lipinski definition) is 0. The summed E-state index contributed by atoms with van der Waals surface area (Å²) < 4.78 is 10.7. The average molecular weight is 602 g/mol. The number of benzene rings is 5. The van der Waals surface area contributed by atoms with Crippen LogP contribution < -0.4 is 14.4 Å². The molecule has 0 radical (unpaired) electrons. The van der Waals surface area contributed by atoms with Crippen LogP contribution in [0.1, 0.15) is 29.2 Å². The third-order valence-electron chi connectivity index (χ3n) is 8.39. The van der Waals surface area contributed by atoms with E-state index >= 15 is 0 Å².